The lowest BCUT2D eigenvalue weighted by Crippen LogP contribution is -2.42. The molecule has 1 heterocycles. The van der Waals surface area contributed by atoms with Gasteiger partial charge in [-0.05, 0) is 18.6 Å². The van der Waals surface area contributed by atoms with Gasteiger partial charge in [0.15, 0.2) is 0 Å². The lowest BCUT2D eigenvalue weighted by atomic mass is 10.2. The van der Waals surface area contributed by atoms with Crippen molar-refractivity contribution < 1.29 is 4.79 Å². The number of carbonyl (C=O) groups is 1. The van der Waals surface area contributed by atoms with E-state index in [1.807, 2.05) is 35.2 Å². The summed E-state index contributed by atoms with van der Waals surface area (Å²) in [7, 11) is 0. The fourth-order valence-electron chi connectivity index (χ4n) is 1.32. The minimum absolute atomic E-state index is 0.269. The average molecular weight is 207 g/mol. The molecule has 1 aromatic carbocycles. The molecule has 1 fully saturated rings. The van der Waals surface area contributed by atoms with Crippen LogP contribution in [0.15, 0.2) is 35.2 Å². The van der Waals surface area contributed by atoms with Crippen LogP contribution in [0.3, 0.4) is 0 Å². The largest absolute Gasteiger partial charge is 0.342 e. The van der Waals surface area contributed by atoms with E-state index in [9.17, 15) is 4.79 Å². The molecule has 0 aromatic heterocycles. The number of thioether (sulfide) groups is 1. The van der Waals surface area contributed by atoms with E-state index in [1.165, 1.54) is 11.3 Å². The van der Waals surface area contributed by atoms with Gasteiger partial charge in [0, 0.05) is 18.0 Å². The summed E-state index contributed by atoms with van der Waals surface area (Å²) in [6.45, 7) is 1.91. The summed E-state index contributed by atoms with van der Waals surface area (Å²) in [5.41, 5.74) is 0. The summed E-state index contributed by atoms with van der Waals surface area (Å²) in [4.78, 5) is 14.6. The molecular formula is C11H13NOS. The molecule has 3 heteroatoms. The van der Waals surface area contributed by atoms with Crippen LogP contribution in [0.4, 0.5) is 0 Å². The first-order valence-corrected chi connectivity index (χ1v) is 5.80. The molecule has 74 valence electrons. The van der Waals surface area contributed by atoms with E-state index < -0.39 is 0 Å². The van der Waals surface area contributed by atoms with E-state index >= 15 is 0 Å². The molecule has 0 N–H and O–H groups in total. The number of benzene rings is 1. The zero-order chi connectivity index (χ0) is 9.80. The van der Waals surface area contributed by atoms with Crippen LogP contribution in [0.5, 0.6) is 0 Å². The van der Waals surface area contributed by atoms with Gasteiger partial charge in [-0.15, -0.1) is 11.8 Å². The SMILES string of the molecule is O=C(CSc1ccccc1)N1CCC1. The highest BCUT2D eigenvalue weighted by Crippen LogP contribution is 2.18. The Balaban J connectivity index is 1.79. The third-order valence-corrected chi connectivity index (χ3v) is 3.31. The first-order chi connectivity index (χ1) is 6.86. The normalized spacial score (nSPS) is 15.0. The second-order valence-corrected chi connectivity index (χ2v) is 4.38. The lowest BCUT2D eigenvalue weighted by Gasteiger charge is -2.30. The van der Waals surface area contributed by atoms with E-state index in [0.29, 0.717) is 5.75 Å². The number of amides is 1. The fraction of sp³-hybridized carbons (Fsp3) is 0.364. The van der Waals surface area contributed by atoms with Crippen LogP contribution < -0.4 is 0 Å². The van der Waals surface area contributed by atoms with E-state index in [2.05, 4.69) is 0 Å². The molecule has 14 heavy (non-hydrogen) atoms. The molecule has 0 atom stereocenters. The quantitative estimate of drug-likeness (QED) is 0.707. The number of nitrogens with zero attached hydrogens (tertiary/aromatic N) is 1. The van der Waals surface area contributed by atoms with E-state index in [-0.39, 0.29) is 5.91 Å². The molecule has 1 aliphatic heterocycles. The average Bonchev–Trinajstić information content (AvgIpc) is 2.14. The first kappa shape index (κ1) is 9.59. The molecule has 0 saturated carbocycles. The highest BCUT2D eigenvalue weighted by atomic mass is 32.2. The molecule has 0 bridgehead atoms. The second-order valence-electron chi connectivity index (χ2n) is 3.34. The van der Waals surface area contributed by atoms with Crippen LogP contribution >= 0.6 is 11.8 Å². The van der Waals surface area contributed by atoms with Crippen molar-refractivity contribution in [3.8, 4) is 0 Å². The Morgan fingerprint density at radius 3 is 2.57 bits per heavy atom. The van der Waals surface area contributed by atoms with Crippen molar-refractivity contribution in [3.05, 3.63) is 30.3 Å². The lowest BCUT2D eigenvalue weighted by molar-refractivity contribution is -0.131. The molecule has 0 spiro atoms. The van der Waals surface area contributed by atoms with Crippen molar-refractivity contribution in [1.29, 1.82) is 0 Å². The smallest absolute Gasteiger partial charge is 0.232 e. The Hall–Kier alpha value is -0.960. The van der Waals surface area contributed by atoms with Crippen LogP contribution in [-0.2, 0) is 4.79 Å². The highest BCUT2D eigenvalue weighted by Gasteiger charge is 2.19. The maximum atomic E-state index is 11.5. The fourth-order valence-corrected chi connectivity index (χ4v) is 2.14. The second kappa shape index (κ2) is 4.51. The summed E-state index contributed by atoms with van der Waals surface area (Å²) in [6.07, 6.45) is 1.17. The number of hydrogen-bond donors (Lipinski definition) is 0. The maximum absolute atomic E-state index is 11.5. The standard InChI is InChI=1S/C11H13NOS/c13-11(12-7-4-8-12)9-14-10-5-2-1-3-6-10/h1-3,5-6H,4,7-9H2. The van der Waals surface area contributed by atoms with Crippen molar-refractivity contribution in [2.75, 3.05) is 18.8 Å². The minimum Gasteiger partial charge on any atom is -0.342 e. The molecule has 1 aromatic rings. The zero-order valence-electron chi connectivity index (χ0n) is 7.98. The molecule has 0 aliphatic carbocycles. The van der Waals surface area contributed by atoms with Gasteiger partial charge in [-0.25, -0.2) is 0 Å². The van der Waals surface area contributed by atoms with Gasteiger partial charge in [-0.3, -0.25) is 4.79 Å². The van der Waals surface area contributed by atoms with Gasteiger partial charge < -0.3 is 4.90 Å². The Labute approximate surface area is 88.3 Å². The Bertz CT molecular complexity index is 308. The van der Waals surface area contributed by atoms with Gasteiger partial charge in [-0.1, -0.05) is 18.2 Å². The van der Waals surface area contributed by atoms with Gasteiger partial charge in [0.05, 0.1) is 5.75 Å². The van der Waals surface area contributed by atoms with Crippen molar-refractivity contribution in [2.45, 2.75) is 11.3 Å². The topological polar surface area (TPSA) is 20.3 Å². The van der Waals surface area contributed by atoms with Crippen LogP contribution in [0.1, 0.15) is 6.42 Å². The van der Waals surface area contributed by atoms with Crippen LogP contribution in [0, 0.1) is 0 Å². The summed E-state index contributed by atoms with van der Waals surface area (Å²) in [5.74, 6) is 0.842. The number of hydrogen-bond acceptors (Lipinski definition) is 2. The predicted octanol–water partition coefficient (Wildman–Crippen LogP) is 2.01. The minimum atomic E-state index is 0.269. The summed E-state index contributed by atoms with van der Waals surface area (Å²) < 4.78 is 0. The Morgan fingerprint density at radius 2 is 2.00 bits per heavy atom. The number of carbonyl (C=O) groups excluding carboxylic acids is 1. The van der Waals surface area contributed by atoms with E-state index in [0.717, 1.165) is 13.1 Å². The molecule has 1 saturated heterocycles. The summed E-state index contributed by atoms with van der Waals surface area (Å²) in [6, 6.07) is 10.1. The Morgan fingerprint density at radius 1 is 1.29 bits per heavy atom. The number of likely N-dealkylation sites (tertiary alicyclic amines) is 1. The third-order valence-electron chi connectivity index (χ3n) is 2.31. The monoisotopic (exact) mass is 207 g/mol. The van der Waals surface area contributed by atoms with Gasteiger partial charge in [0.25, 0.3) is 0 Å². The number of rotatable bonds is 3. The zero-order valence-corrected chi connectivity index (χ0v) is 8.80. The molecule has 1 aliphatic rings. The predicted molar refractivity (Wildman–Crippen MR) is 58.4 cm³/mol. The molecular weight excluding hydrogens is 194 g/mol. The Kier molecular flexibility index (Phi) is 3.09. The van der Waals surface area contributed by atoms with Gasteiger partial charge in [-0.2, -0.15) is 0 Å². The van der Waals surface area contributed by atoms with Crippen molar-refractivity contribution in [3.63, 3.8) is 0 Å². The van der Waals surface area contributed by atoms with Gasteiger partial charge in [0.2, 0.25) is 5.91 Å². The molecule has 1 amide bonds. The summed E-state index contributed by atoms with van der Waals surface area (Å²) in [5, 5.41) is 0. The van der Waals surface area contributed by atoms with Crippen molar-refractivity contribution in [2.24, 2.45) is 0 Å². The van der Waals surface area contributed by atoms with Crippen LogP contribution in [-0.4, -0.2) is 29.6 Å². The van der Waals surface area contributed by atoms with Crippen LogP contribution in [0.25, 0.3) is 0 Å². The third kappa shape index (κ3) is 2.29. The molecule has 0 unspecified atom stereocenters. The van der Waals surface area contributed by atoms with Gasteiger partial charge in [0.1, 0.15) is 0 Å². The van der Waals surface area contributed by atoms with Gasteiger partial charge >= 0.3 is 0 Å². The molecule has 0 radical (unpaired) electrons. The first-order valence-electron chi connectivity index (χ1n) is 4.82. The van der Waals surface area contributed by atoms with Crippen LogP contribution in [0.2, 0.25) is 0 Å². The highest BCUT2D eigenvalue weighted by molar-refractivity contribution is 8.00. The van der Waals surface area contributed by atoms with Crippen molar-refractivity contribution in [1.82, 2.24) is 4.90 Å². The van der Waals surface area contributed by atoms with E-state index in [1.54, 1.807) is 11.8 Å². The van der Waals surface area contributed by atoms with Crippen molar-refractivity contribution >= 4 is 17.7 Å². The molecule has 2 nitrogen and oxygen atoms in total. The molecule has 2 rings (SSSR count). The van der Waals surface area contributed by atoms with E-state index in [4.69, 9.17) is 0 Å². The maximum Gasteiger partial charge on any atom is 0.232 e. The summed E-state index contributed by atoms with van der Waals surface area (Å²) >= 11 is 1.61.